The number of carbonyl (C=O) groups excluding carboxylic acids is 2. The second-order valence-electron chi connectivity index (χ2n) is 7.38. The van der Waals surface area contributed by atoms with Crippen molar-refractivity contribution in [2.45, 2.75) is 43.8 Å². The van der Waals surface area contributed by atoms with Gasteiger partial charge in [0.05, 0.1) is 11.1 Å². The number of nitrogens with two attached hydrogens (primary N) is 1. The van der Waals surface area contributed by atoms with Crippen LogP contribution in [-0.2, 0) is 11.0 Å². The number of rotatable bonds is 2. The van der Waals surface area contributed by atoms with Crippen LogP contribution in [0.3, 0.4) is 0 Å². The van der Waals surface area contributed by atoms with Gasteiger partial charge in [-0.2, -0.15) is 13.2 Å². The van der Waals surface area contributed by atoms with Crippen molar-refractivity contribution in [3.8, 4) is 0 Å². The predicted octanol–water partition coefficient (Wildman–Crippen LogP) is 2.65. The van der Waals surface area contributed by atoms with Crippen LogP contribution in [-0.4, -0.2) is 53.3 Å². The van der Waals surface area contributed by atoms with Crippen LogP contribution in [0.4, 0.5) is 13.2 Å². The van der Waals surface area contributed by atoms with Crippen LogP contribution in [0.5, 0.6) is 0 Å². The van der Waals surface area contributed by atoms with E-state index in [0.29, 0.717) is 39.0 Å². The Hall–Kier alpha value is -2.09. The Labute approximate surface area is 156 Å². The molecule has 2 aliphatic rings. The molecule has 1 aliphatic heterocycles. The summed E-state index contributed by atoms with van der Waals surface area (Å²) in [7, 11) is 0. The Morgan fingerprint density at radius 1 is 0.889 bits per heavy atom. The van der Waals surface area contributed by atoms with Crippen molar-refractivity contribution < 1.29 is 22.8 Å². The van der Waals surface area contributed by atoms with Crippen LogP contribution in [0.25, 0.3) is 0 Å². The topological polar surface area (TPSA) is 66.6 Å². The van der Waals surface area contributed by atoms with Gasteiger partial charge in [0, 0.05) is 31.7 Å². The molecule has 0 radical (unpaired) electrons. The minimum absolute atomic E-state index is 0.0520. The van der Waals surface area contributed by atoms with Gasteiger partial charge in [0.15, 0.2) is 0 Å². The molecule has 27 heavy (non-hydrogen) atoms. The zero-order chi connectivity index (χ0) is 19.7. The SMILES string of the molecule is NC1(C(=O)N2CCN(C(=O)c3ccc(C(F)(F)F)cc3)CC2)CCCCC1. The Morgan fingerprint density at radius 2 is 1.41 bits per heavy atom. The molecule has 1 heterocycles. The normalized spacial score (nSPS) is 20.4. The van der Waals surface area contributed by atoms with E-state index in [1.807, 2.05) is 0 Å². The predicted molar refractivity (Wildman–Crippen MR) is 93.9 cm³/mol. The number of amides is 2. The molecule has 2 fully saturated rings. The molecule has 2 amide bonds. The Morgan fingerprint density at radius 3 is 1.93 bits per heavy atom. The maximum Gasteiger partial charge on any atom is 0.416 e. The molecule has 1 saturated carbocycles. The Bertz CT molecular complexity index is 689. The molecule has 1 aromatic carbocycles. The summed E-state index contributed by atoms with van der Waals surface area (Å²) in [5.74, 6) is -0.375. The average molecular weight is 383 g/mol. The largest absolute Gasteiger partial charge is 0.416 e. The van der Waals surface area contributed by atoms with Gasteiger partial charge >= 0.3 is 6.18 Å². The third-order valence-electron chi connectivity index (χ3n) is 5.48. The molecule has 1 aromatic rings. The van der Waals surface area contributed by atoms with Crippen LogP contribution < -0.4 is 5.73 Å². The van der Waals surface area contributed by atoms with Crippen molar-refractivity contribution in [2.24, 2.45) is 5.73 Å². The van der Waals surface area contributed by atoms with Crippen molar-refractivity contribution in [3.05, 3.63) is 35.4 Å². The Kier molecular flexibility index (Phi) is 5.46. The van der Waals surface area contributed by atoms with Gasteiger partial charge in [0.1, 0.15) is 0 Å². The fourth-order valence-electron chi connectivity index (χ4n) is 3.81. The lowest BCUT2D eigenvalue weighted by Crippen LogP contribution is -2.60. The standard InChI is InChI=1S/C19H24F3N3O2/c20-19(21,22)15-6-4-14(5-7-15)16(26)24-10-12-25(13-11-24)17(27)18(23)8-2-1-3-9-18/h4-7H,1-3,8-13,23H2. The third-order valence-corrected chi connectivity index (χ3v) is 5.48. The van der Waals surface area contributed by atoms with E-state index in [2.05, 4.69) is 0 Å². The van der Waals surface area contributed by atoms with Crippen molar-refractivity contribution in [1.29, 1.82) is 0 Å². The number of alkyl halides is 3. The summed E-state index contributed by atoms with van der Waals surface area (Å²) in [6.07, 6.45) is -0.0389. The lowest BCUT2D eigenvalue weighted by atomic mass is 9.81. The second kappa shape index (κ2) is 7.50. The van der Waals surface area contributed by atoms with Gasteiger partial charge in [-0.25, -0.2) is 0 Å². The van der Waals surface area contributed by atoms with E-state index >= 15 is 0 Å². The van der Waals surface area contributed by atoms with Crippen molar-refractivity contribution in [1.82, 2.24) is 9.80 Å². The summed E-state index contributed by atoms with van der Waals surface area (Å²) >= 11 is 0. The molecule has 0 atom stereocenters. The molecule has 8 heteroatoms. The Balaban J connectivity index is 1.58. The third kappa shape index (κ3) is 4.26. The highest BCUT2D eigenvalue weighted by atomic mass is 19.4. The maximum atomic E-state index is 12.7. The number of halogens is 3. The number of nitrogens with zero attached hydrogens (tertiary/aromatic N) is 2. The van der Waals surface area contributed by atoms with E-state index in [-0.39, 0.29) is 17.4 Å². The van der Waals surface area contributed by atoms with Crippen molar-refractivity contribution >= 4 is 11.8 Å². The monoisotopic (exact) mass is 383 g/mol. The lowest BCUT2D eigenvalue weighted by molar-refractivity contribution is -0.139. The first kappa shape index (κ1) is 19.7. The number of hydrogen-bond donors (Lipinski definition) is 1. The van der Waals surface area contributed by atoms with Gasteiger partial charge in [-0.15, -0.1) is 0 Å². The molecule has 2 N–H and O–H groups in total. The van der Waals surface area contributed by atoms with E-state index in [9.17, 15) is 22.8 Å². The molecular weight excluding hydrogens is 359 g/mol. The first-order valence-electron chi connectivity index (χ1n) is 9.25. The number of hydrogen-bond acceptors (Lipinski definition) is 3. The summed E-state index contributed by atoms with van der Waals surface area (Å²) in [4.78, 5) is 28.5. The summed E-state index contributed by atoms with van der Waals surface area (Å²) in [6.45, 7) is 1.48. The van der Waals surface area contributed by atoms with Gasteiger partial charge in [-0.1, -0.05) is 19.3 Å². The zero-order valence-electron chi connectivity index (χ0n) is 15.1. The van der Waals surface area contributed by atoms with E-state index in [0.717, 1.165) is 31.4 Å². The van der Waals surface area contributed by atoms with Crippen molar-refractivity contribution in [2.75, 3.05) is 26.2 Å². The zero-order valence-corrected chi connectivity index (χ0v) is 15.1. The minimum Gasteiger partial charge on any atom is -0.338 e. The smallest absolute Gasteiger partial charge is 0.338 e. The molecule has 0 spiro atoms. The summed E-state index contributed by atoms with van der Waals surface area (Å²) < 4.78 is 37.9. The molecule has 0 unspecified atom stereocenters. The van der Waals surface area contributed by atoms with Gasteiger partial charge < -0.3 is 15.5 Å². The molecule has 0 aromatic heterocycles. The highest BCUT2D eigenvalue weighted by Gasteiger charge is 2.39. The van der Waals surface area contributed by atoms with E-state index in [4.69, 9.17) is 5.73 Å². The van der Waals surface area contributed by atoms with Crippen LogP contribution in [0.1, 0.15) is 48.0 Å². The second-order valence-corrected chi connectivity index (χ2v) is 7.38. The van der Waals surface area contributed by atoms with Crippen LogP contribution in [0.2, 0.25) is 0 Å². The molecular formula is C19H24F3N3O2. The van der Waals surface area contributed by atoms with E-state index in [1.165, 1.54) is 12.1 Å². The molecule has 148 valence electrons. The first-order chi connectivity index (χ1) is 12.7. The molecule has 3 rings (SSSR count). The highest BCUT2D eigenvalue weighted by molar-refractivity contribution is 5.94. The van der Waals surface area contributed by atoms with Crippen LogP contribution in [0, 0.1) is 0 Å². The summed E-state index contributed by atoms with van der Waals surface area (Å²) in [5, 5.41) is 0. The molecule has 0 bridgehead atoms. The van der Waals surface area contributed by atoms with E-state index in [1.54, 1.807) is 9.80 Å². The average Bonchev–Trinajstić information content (AvgIpc) is 2.67. The first-order valence-corrected chi connectivity index (χ1v) is 9.25. The summed E-state index contributed by atoms with van der Waals surface area (Å²) in [5.41, 5.74) is 4.94. The quantitative estimate of drug-likeness (QED) is 0.854. The van der Waals surface area contributed by atoms with E-state index < -0.39 is 17.3 Å². The number of carbonyl (C=O) groups is 2. The van der Waals surface area contributed by atoms with Gasteiger partial charge in [0.25, 0.3) is 5.91 Å². The molecule has 1 saturated heterocycles. The minimum atomic E-state index is -4.43. The number of piperazine rings is 1. The van der Waals surface area contributed by atoms with Gasteiger partial charge in [-0.3, -0.25) is 9.59 Å². The number of benzene rings is 1. The highest BCUT2D eigenvalue weighted by Crippen LogP contribution is 2.30. The maximum absolute atomic E-state index is 12.7. The molecule has 5 nitrogen and oxygen atoms in total. The summed E-state index contributed by atoms with van der Waals surface area (Å²) in [6, 6.07) is 4.21. The lowest BCUT2D eigenvalue weighted by Gasteiger charge is -2.41. The van der Waals surface area contributed by atoms with Gasteiger partial charge in [-0.05, 0) is 37.1 Å². The van der Waals surface area contributed by atoms with Crippen LogP contribution in [0.15, 0.2) is 24.3 Å². The fraction of sp³-hybridized carbons (Fsp3) is 0.579. The van der Waals surface area contributed by atoms with Gasteiger partial charge in [0.2, 0.25) is 5.91 Å². The fourth-order valence-corrected chi connectivity index (χ4v) is 3.81. The van der Waals surface area contributed by atoms with Crippen molar-refractivity contribution in [3.63, 3.8) is 0 Å². The van der Waals surface area contributed by atoms with Crippen LogP contribution >= 0.6 is 0 Å². The molecule has 1 aliphatic carbocycles.